The maximum absolute atomic E-state index is 13.7. The van der Waals surface area contributed by atoms with Crippen LogP contribution in [0.4, 0.5) is 5.69 Å². The number of aromatic nitrogens is 1. The van der Waals surface area contributed by atoms with Crippen LogP contribution in [0.2, 0.25) is 0 Å². The molecule has 5 rings (SSSR count). The normalized spacial score (nSPS) is 19.2. The highest BCUT2D eigenvalue weighted by Crippen LogP contribution is 2.39. The Hall–Kier alpha value is -3.32. The summed E-state index contributed by atoms with van der Waals surface area (Å²) in [7, 11) is 0. The van der Waals surface area contributed by atoms with Gasteiger partial charge in [0.2, 0.25) is 0 Å². The average molecular weight is 488 g/mol. The molecule has 7 heteroatoms. The summed E-state index contributed by atoms with van der Waals surface area (Å²) in [6, 6.07) is 17.9. The zero-order valence-electron chi connectivity index (χ0n) is 19.9. The minimum atomic E-state index is -0.278. The molecular weight excluding hydrogens is 458 g/mol. The summed E-state index contributed by atoms with van der Waals surface area (Å²) in [6.07, 6.45) is 9.38. The second-order valence-electron chi connectivity index (χ2n) is 8.84. The standard InChI is InChI=1S/C28H29N3O3S/c1-2-34-26(32)19-30-18-20(23-15-9-10-16-24(23)30)17-25-27(33)31(22-13-7-4-8-14-22)28(35-25)29-21-11-5-3-6-12-21/h3,5-6,9-12,15-18,22H,2,4,7-8,13-14,19H2,1H3/b25-17-,29-28?. The van der Waals surface area contributed by atoms with E-state index in [9.17, 15) is 9.59 Å². The van der Waals surface area contributed by atoms with Gasteiger partial charge in [-0.25, -0.2) is 4.99 Å². The summed E-state index contributed by atoms with van der Waals surface area (Å²) in [6.45, 7) is 2.28. The van der Waals surface area contributed by atoms with Gasteiger partial charge in [0.05, 0.1) is 17.2 Å². The van der Waals surface area contributed by atoms with E-state index in [1.165, 1.54) is 18.2 Å². The SMILES string of the molecule is CCOC(=O)Cn1cc(/C=C2\SC(=Nc3ccccc3)N(C3CCCCC3)C2=O)c2ccccc21. The number of carbonyl (C=O) groups excluding carboxylic acids is 2. The number of hydrogen-bond donors (Lipinski definition) is 0. The molecule has 1 aliphatic carbocycles. The number of thioether (sulfide) groups is 1. The predicted octanol–water partition coefficient (Wildman–Crippen LogP) is 6.14. The Balaban J connectivity index is 1.52. The molecule has 0 bridgehead atoms. The molecule has 1 saturated heterocycles. The highest BCUT2D eigenvalue weighted by molar-refractivity contribution is 8.18. The van der Waals surface area contributed by atoms with Crippen LogP contribution in [0.5, 0.6) is 0 Å². The quantitative estimate of drug-likeness (QED) is 0.309. The summed E-state index contributed by atoms with van der Waals surface area (Å²) >= 11 is 1.44. The first-order chi connectivity index (χ1) is 17.1. The van der Waals surface area contributed by atoms with E-state index in [1.54, 1.807) is 6.92 Å². The molecule has 0 N–H and O–H groups in total. The van der Waals surface area contributed by atoms with Crippen molar-refractivity contribution in [2.75, 3.05) is 6.61 Å². The molecule has 0 atom stereocenters. The largest absolute Gasteiger partial charge is 0.465 e. The third-order valence-electron chi connectivity index (χ3n) is 6.47. The average Bonchev–Trinajstić information content (AvgIpc) is 3.37. The van der Waals surface area contributed by atoms with Crippen molar-refractivity contribution in [2.24, 2.45) is 4.99 Å². The van der Waals surface area contributed by atoms with Crippen molar-refractivity contribution in [3.8, 4) is 0 Å². The highest BCUT2D eigenvalue weighted by atomic mass is 32.2. The Bertz CT molecular complexity index is 1290. The lowest BCUT2D eigenvalue weighted by Gasteiger charge is -2.30. The van der Waals surface area contributed by atoms with Gasteiger partial charge in [0.25, 0.3) is 5.91 Å². The van der Waals surface area contributed by atoms with Gasteiger partial charge in [0.1, 0.15) is 6.54 Å². The van der Waals surface area contributed by atoms with Crippen LogP contribution in [0.3, 0.4) is 0 Å². The zero-order chi connectivity index (χ0) is 24.2. The molecular formula is C28H29N3O3S. The molecule has 0 radical (unpaired) electrons. The Morgan fingerprint density at radius 3 is 2.60 bits per heavy atom. The van der Waals surface area contributed by atoms with Gasteiger partial charge in [0, 0.05) is 28.7 Å². The summed E-state index contributed by atoms with van der Waals surface area (Å²) < 4.78 is 7.04. The van der Waals surface area contributed by atoms with E-state index >= 15 is 0 Å². The molecule has 2 heterocycles. The number of carbonyl (C=O) groups is 2. The molecule has 2 aliphatic rings. The highest BCUT2D eigenvalue weighted by Gasteiger charge is 2.38. The van der Waals surface area contributed by atoms with Gasteiger partial charge in [0.15, 0.2) is 5.17 Å². The number of amidine groups is 1. The fraction of sp³-hybridized carbons (Fsp3) is 0.321. The number of esters is 1. The van der Waals surface area contributed by atoms with E-state index in [0.29, 0.717) is 11.5 Å². The van der Waals surface area contributed by atoms with Gasteiger partial charge < -0.3 is 9.30 Å². The van der Waals surface area contributed by atoms with E-state index in [2.05, 4.69) is 0 Å². The predicted molar refractivity (Wildman–Crippen MR) is 141 cm³/mol. The van der Waals surface area contributed by atoms with Crippen LogP contribution in [0.1, 0.15) is 44.6 Å². The molecule has 2 fully saturated rings. The van der Waals surface area contributed by atoms with Crippen LogP contribution in [0, 0.1) is 0 Å². The number of aliphatic imine (C=N–C) groups is 1. The summed E-state index contributed by atoms with van der Waals surface area (Å²) in [5, 5.41) is 1.74. The molecule has 1 aliphatic heterocycles. The number of amides is 1. The molecule has 0 spiro atoms. The Labute approximate surface area is 209 Å². The van der Waals surface area contributed by atoms with Gasteiger partial charge in [-0.15, -0.1) is 0 Å². The molecule has 1 amide bonds. The molecule has 1 aromatic heterocycles. The lowest BCUT2D eigenvalue weighted by atomic mass is 9.94. The number of rotatable bonds is 6. The maximum Gasteiger partial charge on any atom is 0.325 e. The van der Waals surface area contributed by atoms with Crippen LogP contribution >= 0.6 is 11.8 Å². The molecule has 180 valence electrons. The number of hydrogen-bond acceptors (Lipinski definition) is 5. The van der Waals surface area contributed by atoms with Crippen LogP contribution in [0.15, 0.2) is 70.7 Å². The van der Waals surface area contributed by atoms with Crippen molar-refractivity contribution in [3.05, 3.63) is 71.3 Å². The second kappa shape index (κ2) is 10.5. The van der Waals surface area contributed by atoms with Crippen molar-refractivity contribution in [2.45, 2.75) is 51.6 Å². The Morgan fingerprint density at radius 1 is 1.09 bits per heavy atom. The van der Waals surface area contributed by atoms with Gasteiger partial charge in [-0.1, -0.05) is 55.7 Å². The Morgan fingerprint density at radius 2 is 1.83 bits per heavy atom. The first-order valence-electron chi connectivity index (χ1n) is 12.2. The van der Waals surface area contributed by atoms with E-state index < -0.39 is 0 Å². The van der Waals surface area contributed by atoms with Gasteiger partial charge >= 0.3 is 5.97 Å². The molecule has 2 aromatic carbocycles. The van der Waals surface area contributed by atoms with Gasteiger partial charge in [-0.2, -0.15) is 0 Å². The zero-order valence-corrected chi connectivity index (χ0v) is 20.7. The van der Waals surface area contributed by atoms with Gasteiger partial charge in [-0.05, 0) is 55.8 Å². The van der Waals surface area contributed by atoms with E-state index in [-0.39, 0.29) is 24.5 Å². The number of benzene rings is 2. The molecule has 0 unspecified atom stereocenters. The summed E-state index contributed by atoms with van der Waals surface area (Å²) in [5.41, 5.74) is 2.69. The van der Waals surface area contributed by atoms with Crippen LogP contribution in [-0.4, -0.2) is 39.2 Å². The number of para-hydroxylation sites is 2. The smallest absolute Gasteiger partial charge is 0.325 e. The van der Waals surface area contributed by atoms with Crippen molar-refractivity contribution in [1.29, 1.82) is 0 Å². The third-order valence-corrected chi connectivity index (χ3v) is 7.45. The lowest BCUT2D eigenvalue weighted by Crippen LogP contribution is -2.40. The van der Waals surface area contributed by atoms with E-state index in [4.69, 9.17) is 9.73 Å². The number of fused-ring (bicyclic) bond motifs is 1. The van der Waals surface area contributed by atoms with E-state index in [0.717, 1.165) is 53.0 Å². The molecule has 6 nitrogen and oxygen atoms in total. The number of ether oxygens (including phenoxy) is 1. The summed E-state index contributed by atoms with van der Waals surface area (Å²) in [4.78, 5) is 33.3. The first-order valence-corrected chi connectivity index (χ1v) is 13.1. The van der Waals surface area contributed by atoms with E-state index in [1.807, 2.05) is 76.3 Å². The van der Waals surface area contributed by atoms with Crippen molar-refractivity contribution >= 4 is 51.5 Å². The fourth-order valence-corrected chi connectivity index (χ4v) is 5.90. The molecule has 3 aromatic rings. The van der Waals surface area contributed by atoms with Crippen molar-refractivity contribution in [3.63, 3.8) is 0 Å². The van der Waals surface area contributed by atoms with Crippen LogP contribution in [-0.2, 0) is 20.9 Å². The molecule has 35 heavy (non-hydrogen) atoms. The van der Waals surface area contributed by atoms with Gasteiger partial charge in [-0.3, -0.25) is 14.5 Å². The minimum absolute atomic E-state index is 0.0128. The monoisotopic (exact) mass is 487 g/mol. The maximum atomic E-state index is 13.7. The minimum Gasteiger partial charge on any atom is -0.465 e. The first kappa shape index (κ1) is 23.4. The summed E-state index contributed by atoms with van der Waals surface area (Å²) in [5.74, 6) is -0.265. The number of nitrogens with zero attached hydrogens (tertiary/aromatic N) is 3. The topological polar surface area (TPSA) is 63.9 Å². The van der Waals surface area contributed by atoms with Crippen LogP contribution in [0.25, 0.3) is 17.0 Å². The Kier molecular flexibility index (Phi) is 7.04. The second-order valence-corrected chi connectivity index (χ2v) is 9.85. The fourth-order valence-electron chi connectivity index (χ4n) is 4.85. The lowest BCUT2D eigenvalue weighted by molar-refractivity contribution is -0.143. The van der Waals surface area contributed by atoms with Crippen molar-refractivity contribution in [1.82, 2.24) is 9.47 Å². The van der Waals surface area contributed by atoms with Crippen molar-refractivity contribution < 1.29 is 14.3 Å². The van der Waals surface area contributed by atoms with Crippen LogP contribution < -0.4 is 0 Å². The molecule has 1 saturated carbocycles. The third kappa shape index (κ3) is 5.05.